The van der Waals surface area contributed by atoms with Gasteiger partial charge in [0.1, 0.15) is 17.7 Å². The smallest absolute Gasteiger partial charge is 0.329 e. The van der Waals surface area contributed by atoms with Crippen molar-refractivity contribution < 1.29 is 14.5 Å². The van der Waals surface area contributed by atoms with E-state index >= 15 is 0 Å². The van der Waals surface area contributed by atoms with E-state index < -0.39 is 22.5 Å². The minimum absolute atomic E-state index is 0.0911. The topological polar surface area (TPSA) is 105 Å². The third kappa shape index (κ3) is 5.25. The maximum absolute atomic E-state index is 12.3. The zero-order valence-corrected chi connectivity index (χ0v) is 13.9. The number of anilines is 1. The van der Waals surface area contributed by atoms with Gasteiger partial charge in [-0.15, -0.1) is 0 Å². The van der Waals surface area contributed by atoms with E-state index in [1.54, 1.807) is 20.8 Å². The Hall–Kier alpha value is -2.62. The fourth-order valence-corrected chi connectivity index (χ4v) is 1.89. The zero-order valence-electron chi connectivity index (χ0n) is 13.9. The number of hydrogen-bond donors (Lipinski definition) is 1. The van der Waals surface area contributed by atoms with Crippen LogP contribution in [0.4, 0.5) is 11.4 Å². The summed E-state index contributed by atoms with van der Waals surface area (Å²) < 4.78 is 5.38. The van der Waals surface area contributed by atoms with Gasteiger partial charge >= 0.3 is 5.97 Å². The third-order valence-corrected chi connectivity index (χ3v) is 2.97. The summed E-state index contributed by atoms with van der Waals surface area (Å²) in [6.07, 6.45) is 0. The fourth-order valence-electron chi connectivity index (χ4n) is 1.89. The van der Waals surface area contributed by atoms with E-state index in [2.05, 4.69) is 5.32 Å². The Balaban J connectivity index is 3.08. The van der Waals surface area contributed by atoms with Crippen molar-refractivity contribution in [1.29, 1.82) is 5.26 Å². The van der Waals surface area contributed by atoms with Crippen molar-refractivity contribution >= 4 is 17.3 Å². The van der Waals surface area contributed by atoms with Crippen molar-refractivity contribution in [3.8, 4) is 6.07 Å². The first-order chi connectivity index (χ1) is 10.5. The highest BCUT2D eigenvalue weighted by atomic mass is 16.6. The second kappa shape index (κ2) is 7.09. The lowest BCUT2D eigenvalue weighted by atomic mass is 10.0. The molecule has 0 fully saturated rings. The summed E-state index contributed by atoms with van der Waals surface area (Å²) in [5, 5.41) is 22.9. The van der Waals surface area contributed by atoms with Gasteiger partial charge in [0.25, 0.3) is 5.69 Å². The van der Waals surface area contributed by atoms with E-state index in [-0.39, 0.29) is 17.2 Å². The Kier molecular flexibility index (Phi) is 5.68. The Morgan fingerprint density at radius 2 is 2.00 bits per heavy atom. The van der Waals surface area contributed by atoms with Gasteiger partial charge < -0.3 is 10.1 Å². The molecule has 0 spiro atoms. The van der Waals surface area contributed by atoms with Gasteiger partial charge in [-0.2, -0.15) is 5.26 Å². The lowest BCUT2D eigenvalue weighted by molar-refractivity contribution is -0.384. The Morgan fingerprint density at radius 3 is 2.43 bits per heavy atom. The van der Waals surface area contributed by atoms with Crippen LogP contribution < -0.4 is 5.32 Å². The standard InChI is InChI=1S/C16H21N3O4/c1-10(2)14(15(20)23-16(3,4)5)18-13-7-6-12(19(21)22)8-11(13)9-17/h6-8,10,14,18H,1-5H3/t14-/m1/s1. The highest BCUT2D eigenvalue weighted by Gasteiger charge is 2.28. The van der Waals surface area contributed by atoms with Gasteiger partial charge in [0, 0.05) is 12.1 Å². The molecule has 1 N–H and O–H groups in total. The van der Waals surface area contributed by atoms with Gasteiger partial charge in [-0.25, -0.2) is 4.79 Å². The molecule has 1 aromatic rings. The average molecular weight is 319 g/mol. The molecule has 0 aromatic heterocycles. The van der Waals surface area contributed by atoms with Crippen LogP contribution in [0.5, 0.6) is 0 Å². The molecule has 7 heteroatoms. The van der Waals surface area contributed by atoms with Gasteiger partial charge in [0.2, 0.25) is 0 Å². The molecular weight excluding hydrogens is 298 g/mol. The van der Waals surface area contributed by atoms with Crippen LogP contribution in [0.3, 0.4) is 0 Å². The molecule has 0 aliphatic heterocycles. The first-order valence-corrected chi connectivity index (χ1v) is 7.23. The molecule has 23 heavy (non-hydrogen) atoms. The Morgan fingerprint density at radius 1 is 1.39 bits per heavy atom. The minimum Gasteiger partial charge on any atom is -0.458 e. The van der Waals surface area contributed by atoms with Crippen molar-refractivity contribution in [1.82, 2.24) is 0 Å². The molecule has 0 saturated heterocycles. The molecule has 0 amide bonds. The number of hydrogen-bond acceptors (Lipinski definition) is 6. The molecule has 0 saturated carbocycles. The van der Waals surface area contributed by atoms with Crippen molar-refractivity contribution in [2.24, 2.45) is 5.92 Å². The number of nitriles is 1. The summed E-state index contributed by atoms with van der Waals surface area (Å²) >= 11 is 0. The quantitative estimate of drug-likeness (QED) is 0.507. The van der Waals surface area contributed by atoms with Crippen LogP contribution in [-0.4, -0.2) is 22.5 Å². The SMILES string of the molecule is CC(C)[C@@H](Nc1ccc([N+](=O)[O-])cc1C#N)C(=O)OC(C)(C)C. The molecule has 0 bridgehead atoms. The number of nitro benzene ring substituents is 1. The highest BCUT2D eigenvalue weighted by molar-refractivity contribution is 5.81. The van der Waals surface area contributed by atoms with Crippen LogP contribution >= 0.6 is 0 Å². The molecule has 0 heterocycles. The summed E-state index contributed by atoms with van der Waals surface area (Å²) in [6.45, 7) is 9.01. The van der Waals surface area contributed by atoms with E-state index in [1.807, 2.05) is 19.9 Å². The van der Waals surface area contributed by atoms with Gasteiger partial charge in [-0.05, 0) is 32.8 Å². The van der Waals surface area contributed by atoms with E-state index in [4.69, 9.17) is 4.74 Å². The zero-order chi connectivity index (χ0) is 17.8. The molecule has 0 unspecified atom stereocenters. The van der Waals surface area contributed by atoms with Crippen molar-refractivity contribution in [2.75, 3.05) is 5.32 Å². The predicted molar refractivity (Wildman–Crippen MR) is 85.9 cm³/mol. The lowest BCUT2D eigenvalue weighted by Gasteiger charge is -2.27. The van der Waals surface area contributed by atoms with E-state index in [0.717, 1.165) is 0 Å². The fraction of sp³-hybridized carbons (Fsp3) is 0.500. The normalized spacial score (nSPS) is 12.4. The first-order valence-electron chi connectivity index (χ1n) is 7.23. The number of benzene rings is 1. The summed E-state index contributed by atoms with van der Waals surface area (Å²) in [7, 11) is 0. The van der Waals surface area contributed by atoms with Crippen LogP contribution in [0, 0.1) is 27.4 Å². The second-order valence-corrected chi connectivity index (χ2v) is 6.50. The first kappa shape index (κ1) is 18.4. The molecule has 1 rings (SSSR count). The van der Waals surface area contributed by atoms with Crippen LogP contribution in [0.25, 0.3) is 0 Å². The van der Waals surface area contributed by atoms with E-state index in [9.17, 15) is 20.2 Å². The van der Waals surface area contributed by atoms with Crippen LogP contribution in [0.1, 0.15) is 40.2 Å². The maximum Gasteiger partial charge on any atom is 0.329 e. The number of rotatable bonds is 5. The monoisotopic (exact) mass is 319 g/mol. The van der Waals surface area contributed by atoms with Gasteiger partial charge in [0.15, 0.2) is 0 Å². The number of nitrogens with zero attached hydrogens (tertiary/aromatic N) is 2. The van der Waals surface area contributed by atoms with Crippen molar-refractivity contribution in [2.45, 2.75) is 46.3 Å². The lowest BCUT2D eigenvalue weighted by Crippen LogP contribution is -2.40. The molecule has 1 aromatic carbocycles. The molecule has 0 aliphatic rings. The molecular formula is C16H21N3O4. The Labute approximate surface area is 135 Å². The summed E-state index contributed by atoms with van der Waals surface area (Å²) in [5.41, 5.74) is -0.332. The molecule has 1 atom stereocenters. The van der Waals surface area contributed by atoms with Crippen molar-refractivity contribution in [3.63, 3.8) is 0 Å². The van der Waals surface area contributed by atoms with Crippen molar-refractivity contribution in [3.05, 3.63) is 33.9 Å². The second-order valence-electron chi connectivity index (χ2n) is 6.50. The minimum atomic E-state index is -0.664. The van der Waals surface area contributed by atoms with Gasteiger partial charge in [-0.1, -0.05) is 13.8 Å². The number of nitrogens with one attached hydrogen (secondary N) is 1. The number of carbonyl (C=O) groups excluding carboxylic acids is 1. The van der Waals surface area contributed by atoms with E-state index in [1.165, 1.54) is 18.2 Å². The number of nitro groups is 1. The molecule has 0 radical (unpaired) electrons. The molecule has 7 nitrogen and oxygen atoms in total. The number of non-ortho nitro benzene ring substituents is 1. The number of carbonyl (C=O) groups is 1. The maximum atomic E-state index is 12.3. The predicted octanol–water partition coefficient (Wildman–Crippen LogP) is 3.24. The molecule has 0 aliphatic carbocycles. The van der Waals surface area contributed by atoms with Gasteiger partial charge in [0.05, 0.1) is 16.2 Å². The van der Waals surface area contributed by atoms with Gasteiger partial charge in [-0.3, -0.25) is 10.1 Å². The third-order valence-electron chi connectivity index (χ3n) is 2.97. The van der Waals surface area contributed by atoms with Crippen LogP contribution in [0.15, 0.2) is 18.2 Å². The summed E-state index contributed by atoms with van der Waals surface area (Å²) in [4.78, 5) is 22.5. The number of ether oxygens (including phenoxy) is 1. The van der Waals surface area contributed by atoms with E-state index in [0.29, 0.717) is 5.69 Å². The molecule has 124 valence electrons. The van der Waals surface area contributed by atoms with Crippen LogP contribution in [-0.2, 0) is 9.53 Å². The van der Waals surface area contributed by atoms with Crippen LogP contribution in [0.2, 0.25) is 0 Å². The summed E-state index contributed by atoms with van der Waals surface area (Å²) in [6, 6.07) is 5.13. The Bertz CT molecular complexity index is 642. The summed E-state index contributed by atoms with van der Waals surface area (Å²) in [5.74, 6) is -0.527. The highest BCUT2D eigenvalue weighted by Crippen LogP contribution is 2.24. The number of esters is 1. The average Bonchev–Trinajstić information content (AvgIpc) is 2.42. The largest absolute Gasteiger partial charge is 0.458 e.